The van der Waals surface area contributed by atoms with E-state index in [0.29, 0.717) is 11.3 Å². The smallest absolute Gasteiger partial charge is 0.323 e. The van der Waals surface area contributed by atoms with Crippen LogP contribution in [0.15, 0.2) is 36.0 Å². The Hall–Kier alpha value is -2.12. The van der Waals surface area contributed by atoms with Crippen molar-refractivity contribution in [2.75, 3.05) is 17.2 Å². The van der Waals surface area contributed by atoms with Gasteiger partial charge in [0, 0.05) is 11.3 Å². The fourth-order valence-corrected chi connectivity index (χ4v) is 3.28. The highest BCUT2D eigenvalue weighted by Gasteiger charge is 2.24. The molecule has 6 nitrogen and oxygen atoms in total. The van der Waals surface area contributed by atoms with Crippen LogP contribution in [0.4, 0.5) is 16.2 Å². The normalized spacial score (nSPS) is 13.6. The standard InChI is InChI=1S/C17H11Cl4N3O3/c18-8-5-10(13(20)14(21)12(8)19)23-17(27)24-15-11(25)6-22-9-4-2-1-3-7(9)16(15)26/h1-5,22,26H,6H2,(H2,23,24,27). The topological polar surface area (TPSA) is 90.5 Å². The molecule has 27 heavy (non-hydrogen) atoms. The van der Waals surface area contributed by atoms with Crippen LogP contribution in [0, 0.1) is 0 Å². The van der Waals surface area contributed by atoms with Gasteiger partial charge < -0.3 is 21.1 Å². The number of para-hydroxylation sites is 1. The van der Waals surface area contributed by atoms with E-state index in [-0.39, 0.29) is 43.8 Å². The second kappa shape index (κ2) is 7.86. The lowest BCUT2D eigenvalue weighted by Crippen LogP contribution is -2.33. The molecule has 0 aliphatic carbocycles. The van der Waals surface area contributed by atoms with E-state index in [4.69, 9.17) is 46.4 Å². The minimum absolute atomic E-state index is 0.0152. The Balaban J connectivity index is 1.89. The minimum atomic E-state index is -0.819. The number of amides is 2. The van der Waals surface area contributed by atoms with E-state index < -0.39 is 11.8 Å². The number of anilines is 2. The first-order chi connectivity index (χ1) is 12.8. The summed E-state index contributed by atoms with van der Waals surface area (Å²) in [5.74, 6) is -0.855. The number of hydrogen-bond acceptors (Lipinski definition) is 4. The van der Waals surface area contributed by atoms with Gasteiger partial charge in [0.1, 0.15) is 5.70 Å². The Bertz CT molecular complexity index is 992. The molecular weight excluding hydrogens is 436 g/mol. The van der Waals surface area contributed by atoms with Crippen LogP contribution in [-0.4, -0.2) is 23.5 Å². The fourth-order valence-electron chi connectivity index (χ4n) is 2.43. The summed E-state index contributed by atoms with van der Waals surface area (Å²) in [6, 6.07) is 7.27. The largest absolute Gasteiger partial charge is 0.505 e. The molecule has 0 spiro atoms. The second-order valence-electron chi connectivity index (χ2n) is 5.47. The summed E-state index contributed by atoms with van der Waals surface area (Å²) in [6.07, 6.45) is 0. The molecule has 0 aromatic heterocycles. The number of rotatable bonds is 2. The number of carbonyl (C=O) groups excluding carboxylic acids is 2. The highest BCUT2D eigenvalue weighted by molar-refractivity contribution is 6.52. The van der Waals surface area contributed by atoms with Crippen molar-refractivity contribution >= 4 is 75.4 Å². The SMILES string of the molecule is O=C(NC1=C(O)c2ccccc2NCC1=O)Nc1cc(Cl)c(Cl)c(Cl)c1Cl. The molecule has 1 aliphatic heterocycles. The number of carbonyl (C=O) groups is 2. The maximum absolute atomic E-state index is 12.3. The molecule has 3 rings (SSSR count). The number of urea groups is 1. The van der Waals surface area contributed by atoms with Crippen LogP contribution < -0.4 is 16.0 Å². The highest BCUT2D eigenvalue weighted by Crippen LogP contribution is 2.40. The van der Waals surface area contributed by atoms with E-state index in [2.05, 4.69) is 16.0 Å². The van der Waals surface area contributed by atoms with Gasteiger partial charge in [-0.1, -0.05) is 58.5 Å². The number of Topliss-reactive ketones (excluding diaryl/α,β-unsaturated/α-hetero) is 1. The van der Waals surface area contributed by atoms with Crippen molar-refractivity contribution in [2.45, 2.75) is 0 Å². The number of halogens is 4. The number of benzene rings is 2. The average molecular weight is 447 g/mol. The van der Waals surface area contributed by atoms with Crippen LogP contribution in [-0.2, 0) is 4.79 Å². The van der Waals surface area contributed by atoms with Gasteiger partial charge in [-0.15, -0.1) is 0 Å². The number of fused-ring (bicyclic) bond motifs is 1. The molecule has 140 valence electrons. The quantitative estimate of drug-likeness (QED) is 0.370. The molecular formula is C17H11Cl4N3O3. The summed E-state index contributed by atoms with van der Waals surface area (Å²) < 4.78 is 0. The average Bonchev–Trinajstić information content (AvgIpc) is 2.76. The molecule has 10 heteroatoms. The Morgan fingerprint density at radius 2 is 1.74 bits per heavy atom. The van der Waals surface area contributed by atoms with Crippen LogP contribution in [0.1, 0.15) is 5.56 Å². The zero-order valence-electron chi connectivity index (χ0n) is 13.4. The monoisotopic (exact) mass is 445 g/mol. The third-order valence-electron chi connectivity index (χ3n) is 3.73. The molecule has 1 aliphatic rings. The van der Waals surface area contributed by atoms with E-state index in [9.17, 15) is 14.7 Å². The highest BCUT2D eigenvalue weighted by atomic mass is 35.5. The summed E-state index contributed by atoms with van der Waals surface area (Å²) in [5.41, 5.74) is 0.787. The van der Waals surface area contributed by atoms with Gasteiger partial charge in [-0.05, 0) is 18.2 Å². The molecule has 0 bridgehead atoms. The van der Waals surface area contributed by atoms with Crippen LogP contribution in [0.2, 0.25) is 20.1 Å². The van der Waals surface area contributed by atoms with Crippen molar-refractivity contribution in [3.8, 4) is 0 Å². The van der Waals surface area contributed by atoms with E-state index in [1.54, 1.807) is 24.3 Å². The Morgan fingerprint density at radius 1 is 1.04 bits per heavy atom. The Labute approximate surface area is 174 Å². The number of aliphatic hydroxyl groups excluding tert-OH is 1. The molecule has 0 saturated carbocycles. The minimum Gasteiger partial charge on any atom is -0.505 e. The van der Waals surface area contributed by atoms with Gasteiger partial charge in [-0.2, -0.15) is 0 Å². The predicted molar refractivity (Wildman–Crippen MR) is 108 cm³/mol. The number of aliphatic hydroxyl groups is 1. The summed E-state index contributed by atoms with van der Waals surface area (Å²) in [7, 11) is 0. The van der Waals surface area contributed by atoms with Crippen LogP contribution in [0.5, 0.6) is 0 Å². The first kappa shape index (κ1) is 19.6. The van der Waals surface area contributed by atoms with Crippen molar-refractivity contribution < 1.29 is 14.7 Å². The van der Waals surface area contributed by atoms with Gasteiger partial charge in [0.15, 0.2) is 5.76 Å². The maximum Gasteiger partial charge on any atom is 0.323 e. The summed E-state index contributed by atoms with van der Waals surface area (Å²) >= 11 is 23.8. The lowest BCUT2D eigenvalue weighted by molar-refractivity contribution is -0.114. The van der Waals surface area contributed by atoms with Gasteiger partial charge in [0.2, 0.25) is 5.78 Å². The van der Waals surface area contributed by atoms with E-state index in [0.717, 1.165) is 0 Å². The molecule has 2 aromatic carbocycles. The lowest BCUT2D eigenvalue weighted by Gasteiger charge is -2.13. The van der Waals surface area contributed by atoms with Crippen LogP contribution in [0.25, 0.3) is 5.76 Å². The molecule has 1 heterocycles. The summed E-state index contributed by atoms with van der Waals surface area (Å²) in [5, 5.41) is 18.2. The predicted octanol–water partition coefficient (Wildman–Crippen LogP) is 5.34. The van der Waals surface area contributed by atoms with Gasteiger partial charge >= 0.3 is 6.03 Å². The maximum atomic E-state index is 12.3. The fraction of sp³-hybridized carbons (Fsp3) is 0.0588. The van der Waals surface area contributed by atoms with Crippen LogP contribution >= 0.6 is 46.4 Å². The molecule has 0 unspecified atom stereocenters. The zero-order chi connectivity index (χ0) is 19.7. The Morgan fingerprint density at radius 3 is 2.48 bits per heavy atom. The second-order valence-corrected chi connectivity index (χ2v) is 7.01. The zero-order valence-corrected chi connectivity index (χ0v) is 16.4. The Kier molecular flexibility index (Phi) is 5.72. The van der Waals surface area contributed by atoms with Crippen LogP contribution in [0.3, 0.4) is 0 Å². The van der Waals surface area contributed by atoms with Crippen molar-refractivity contribution in [1.29, 1.82) is 0 Å². The molecule has 2 aromatic rings. The van der Waals surface area contributed by atoms with Gasteiger partial charge in [-0.3, -0.25) is 4.79 Å². The van der Waals surface area contributed by atoms with E-state index in [1.807, 2.05) is 0 Å². The van der Waals surface area contributed by atoms with Crippen molar-refractivity contribution in [1.82, 2.24) is 5.32 Å². The molecule has 0 saturated heterocycles. The first-order valence-corrected chi connectivity index (χ1v) is 9.01. The number of nitrogens with one attached hydrogen (secondary N) is 3. The number of ketones is 1. The van der Waals surface area contributed by atoms with Crippen molar-refractivity contribution in [3.63, 3.8) is 0 Å². The summed E-state index contributed by atoms with van der Waals surface area (Å²) in [4.78, 5) is 24.6. The first-order valence-electron chi connectivity index (χ1n) is 7.50. The summed E-state index contributed by atoms with van der Waals surface area (Å²) in [6.45, 7) is -0.101. The van der Waals surface area contributed by atoms with Gasteiger partial charge in [-0.25, -0.2) is 4.79 Å². The van der Waals surface area contributed by atoms with E-state index >= 15 is 0 Å². The molecule has 0 fully saturated rings. The van der Waals surface area contributed by atoms with Gasteiger partial charge in [0.05, 0.1) is 32.3 Å². The third kappa shape index (κ3) is 3.94. The lowest BCUT2D eigenvalue weighted by atomic mass is 10.1. The number of hydrogen-bond donors (Lipinski definition) is 4. The molecule has 0 radical (unpaired) electrons. The van der Waals surface area contributed by atoms with Crippen molar-refractivity contribution in [2.24, 2.45) is 0 Å². The molecule has 4 N–H and O–H groups in total. The third-order valence-corrected chi connectivity index (χ3v) is 5.48. The van der Waals surface area contributed by atoms with Crippen molar-refractivity contribution in [3.05, 3.63) is 61.7 Å². The molecule has 2 amide bonds. The molecule has 0 atom stereocenters. The van der Waals surface area contributed by atoms with E-state index in [1.165, 1.54) is 6.07 Å². The van der Waals surface area contributed by atoms with Gasteiger partial charge in [0.25, 0.3) is 0 Å².